The van der Waals surface area contributed by atoms with Gasteiger partial charge in [0.1, 0.15) is 0 Å². The van der Waals surface area contributed by atoms with Gasteiger partial charge in [0.15, 0.2) is 0 Å². The minimum atomic E-state index is -0.665. The van der Waals surface area contributed by atoms with Crippen LogP contribution in [0.15, 0.2) is 24.3 Å². The zero-order valence-corrected chi connectivity index (χ0v) is 16.3. The third-order valence-corrected chi connectivity index (χ3v) is 6.63. The van der Waals surface area contributed by atoms with Crippen molar-refractivity contribution in [1.82, 2.24) is 9.88 Å². The zero-order chi connectivity index (χ0) is 19.0. The summed E-state index contributed by atoms with van der Waals surface area (Å²) in [5.74, 6) is -0.168. The number of carbonyl (C=O) groups is 1. The van der Waals surface area contributed by atoms with E-state index < -0.39 is 5.60 Å². The van der Waals surface area contributed by atoms with Crippen molar-refractivity contribution in [2.45, 2.75) is 50.5 Å². The minimum Gasteiger partial charge on any atom is -0.469 e. The van der Waals surface area contributed by atoms with Crippen molar-refractivity contribution < 1.29 is 14.6 Å². The number of para-hydroxylation sites is 1. The van der Waals surface area contributed by atoms with Crippen LogP contribution >= 0.6 is 0 Å². The molecule has 2 aliphatic rings. The molecule has 1 saturated heterocycles. The maximum atomic E-state index is 12.7. The fourth-order valence-electron chi connectivity index (χ4n) is 5.08. The largest absolute Gasteiger partial charge is 0.469 e. The highest BCUT2D eigenvalue weighted by atomic mass is 16.5. The summed E-state index contributed by atoms with van der Waals surface area (Å²) in [5.41, 5.74) is 2.66. The highest BCUT2D eigenvalue weighted by molar-refractivity contribution is 5.88. The number of rotatable bonds is 2. The molecule has 2 unspecified atom stereocenters. The molecular weight excluding hydrogens is 340 g/mol. The standard InChI is InChI=1S/C22H30N2O3/c1-3-22(26)13-15-8-10-24(14-22)11-9-17-16-6-4-5-7-19(16)23-20(17)18(12-15)21(25)27-2/h4-7,15,18,23,26H,3,8-14H2,1-2H3/t15?,18-,22+/m1/s1. The molecular formula is C22H30N2O3. The molecule has 1 aromatic carbocycles. The molecule has 1 fully saturated rings. The number of ether oxygens (including phenoxy) is 1. The van der Waals surface area contributed by atoms with Gasteiger partial charge in [0.2, 0.25) is 0 Å². The average Bonchev–Trinajstić information content (AvgIpc) is 2.95. The molecule has 146 valence electrons. The van der Waals surface area contributed by atoms with Gasteiger partial charge in [0, 0.05) is 29.7 Å². The van der Waals surface area contributed by atoms with Gasteiger partial charge in [-0.05, 0) is 56.2 Å². The van der Waals surface area contributed by atoms with Gasteiger partial charge >= 0.3 is 5.97 Å². The molecule has 2 N–H and O–H groups in total. The summed E-state index contributed by atoms with van der Waals surface area (Å²) in [6.45, 7) is 4.67. The molecule has 27 heavy (non-hydrogen) atoms. The first-order valence-corrected chi connectivity index (χ1v) is 10.1. The van der Waals surface area contributed by atoms with E-state index in [9.17, 15) is 9.90 Å². The number of hydrogen-bond acceptors (Lipinski definition) is 4. The van der Waals surface area contributed by atoms with Crippen LogP contribution in [0.25, 0.3) is 10.9 Å². The van der Waals surface area contributed by atoms with Crippen molar-refractivity contribution in [2.24, 2.45) is 5.92 Å². The van der Waals surface area contributed by atoms with Gasteiger partial charge in [-0.2, -0.15) is 0 Å². The highest BCUT2D eigenvalue weighted by Crippen LogP contribution is 2.39. The number of aromatic nitrogens is 1. The Bertz CT molecular complexity index is 830. The molecule has 4 atom stereocenters. The molecule has 2 aliphatic heterocycles. The van der Waals surface area contributed by atoms with Crippen LogP contribution in [0.1, 0.15) is 49.8 Å². The summed E-state index contributed by atoms with van der Waals surface area (Å²) < 4.78 is 5.19. The van der Waals surface area contributed by atoms with Gasteiger partial charge in [-0.25, -0.2) is 0 Å². The molecule has 0 radical (unpaired) electrons. The van der Waals surface area contributed by atoms with Crippen LogP contribution in [0, 0.1) is 5.92 Å². The van der Waals surface area contributed by atoms with Gasteiger partial charge in [0.05, 0.1) is 18.6 Å². The Hall–Kier alpha value is -1.85. The van der Waals surface area contributed by atoms with Gasteiger partial charge < -0.3 is 19.7 Å². The smallest absolute Gasteiger partial charge is 0.314 e. The maximum Gasteiger partial charge on any atom is 0.314 e. The van der Waals surface area contributed by atoms with E-state index in [0.717, 1.165) is 62.9 Å². The predicted molar refractivity (Wildman–Crippen MR) is 106 cm³/mol. The van der Waals surface area contributed by atoms with Crippen LogP contribution in [0.4, 0.5) is 0 Å². The Labute approximate surface area is 160 Å². The third-order valence-electron chi connectivity index (χ3n) is 6.63. The summed E-state index contributed by atoms with van der Waals surface area (Å²) >= 11 is 0. The lowest BCUT2D eigenvalue weighted by molar-refractivity contribution is -0.143. The second-order valence-corrected chi connectivity index (χ2v) is 8.34. The summed E-state index contributed by atoms with van der Waals surface area (Å²) in [4.78, 5) is 18.7. The number of hydrogen-bond donors (Lipinski definition) is 2. The van der Waals surface area contributed by atoms with Crippen molar-refractivity contribution >= 4 is 16.9 Å². The summed E-state index contributed by atoms with van der Waals surface area (Å²) in [7, 11) is 1.47. The number of aliphatic hydroxyl groups is 1. The van der Waals surface area contributed by atoms with E-state index in [2.05, 4.69) is 35.0 Å². The molecule has 5 heteroatoms. The van der Waals surface area contributed by atoms with Gasteiger partial charge in [-0.3, -0.25) is 4.79 Å². The van der Waals surface area contributed by atoms with Crippen LogP contribution in [-0.4, -0.2) is 53.3 Å². The number of H-pyrrole nitrogens is 1. The number of aromatic amines is 1. The fourth-order valence-corrected chi connectivity index (χ4v) is 5.08. The summed E-state index contributed by atoms with van der Waals surface area (Å²) in [6, 6.07) is 8.29. The SMILES string of the molecule is CC[C@]1(O)CC2CCN(CCc3c([nH]c4ccccc34)[C@H](C(=O)OC)C2)C1. The zero-order valence-electron chi connectivity index (χ0n) is 16.3. The number of benzene rings is 1. The first kappa shape index (κ1) is 18.5. The number of methoxy groups -OCH3 is 1. The Kier molecular flexibility index (Phi) is 4.99. The Balaban J connectivity index is 1.81. The van der Waals surface area contributed by atoms with Crippen molar-refractivity contribution in [3.05, 3.63) is 35.5 Å². The number of nitrogens with zero attached hydrogens (tertiary/aromatic N) is 1. The lowest BCUT2D eigenvalue weighted by Crippen LogP contribution is -2.42. The fraction of sp³-hybridized carbons (Fsp3) is 0.591. The Morgan fingerprint density at radius 3 is 2.96 bits per heavy atom. The maximum absolute atomic E-state index is 12.7. The van der Waals surface area contributed by atoms with Crippen LogP contribution in [0.3, 0.4) is 0 Å². The number of nitrogens with one attached hydrogen (secondary N) is 1. The topological polar surface area (TPSA) is 65.6 Å². The van der Waals surface area contributed by atoms with E-state index in [4.69, 9.17) is 4.74 Å². The average molecular weight is 370 g/mol. The molecule has 0 spiro atoms. The van der Waals surface area contributed by atoms with Crippen molar-refractivity contribution in [1.29, 1.82) is 0 Å². The first-order chi connectivity index (χ1) is 13.0. The lowest BCUT2D eigenvalue weighted by Gasteiger charge is -2.31. The van der Waals surface area contributed by atoms with Crippen LogP contribution in [0.5, 0.6) is 0 Å². The van der Waals surface area contributed by atoms with Crippen molar-refractivity contribution in [3.63, 3.8) is 0 Å². The normalized spacial score (nSPS) is 31.3. The number of fused-ring (bicyclic) bond motifs is 6. The van der Waals surface area contributed by atoms with Crippen molar-refractivity contribution in [3.8, 4) is 0 Å². The lowest BCUT2D eigenvalue weighted by atomic mass is 9.81. The van der Waals surface area contributed by atoms with Gasteiger partial charge in [0.25, 0.3) is 0 Å². The van der Waals surface area contributed by atoms with Crippen LogP contribution in [-0.2, 0) is 16.0 Å². The predicted octanol–water partition coefficient (Wildman–Crippen LogP) is 3.22. The van der Waals surface area contributed by atoms with Crippen LogP contribution in [0.2, 0.25) is 0 Å². The second kappa shape index (κ2) is 7.28. The van der Waals surface area contributed by atoms with E-state index in [1.165, 1.54) is 18.1 Å². The molecule has 3 heterocycles. The molecule has 2 bridgehead atoms. The molecule has 0 saturated carbocycles. The van der Waals surface area contributed by atoms with E-state index in [0.29, 0.717) is 5.92 Å². The van der Waals surface area contributed by atoms with Crippen molar-refractivity contribution in [2.75, 3.05) is 26.7 Å². The summed E-state index contributed by atoms with van der Waals surface area (Å²) in [5, 5.41) is 12.3. The van der Waals surface area contributed by atoms with Gasteiger partial charge in [-0.15, -0.1) is 0 Å². The third kappa shape index (κ3) is 3.50. The quantitative estimate of drug-likeness (QED) is 0.797. The molecule has 5 nitrogen and oxygen atoms in total. The van der Waals surface area contributed by atoms with E-state index in [-0.39, 0.29) is 11.9 Å². The van der Waals surface area contributed by atoms with E-state index >= 15 is 0 Å². The Morgan fingerprint density at radius 1 is 1.37 bits per heavy atom. The second-order valence-electron chi connectivity index (χ2n) is 8.34. The number of carbonyl (C=O) groups excluding carboxylic acids is 1. The van der Waals surface area contributed by atoms with E-state index in [1.807, 2.05) is 6.07 Å². The molecule has 0 aliphatic carbocycles. The molecule has 0 amide bonds. The monoisotopic (exact) mass is 370 g/mol. The number of esters is 1. The van der Waals surface area contributed by atoms with Gasteiger partial charge in [-0.1, -0.05) is 25.1 Å². The molecule has 1 aromatic heterocycles. The minimum absolute atomic E-state index is 0.176. The van der Waals surface area contributed by atoms with Crippen LogP contribution < -0.4 is 0 Å². The van der Waals surface area contributed by atoms with E-state index in [1.54, 1.807) is 0 Å². The molecule has 4 rings (SSSR count). The highest BCUT2D eigenvalue weighted by Gasteiger charge is 2.38. The Morgan fingerprint density at radius 2 is 2.19 bits per heavy atom. The summed E-state index contributed by atoms with van der Waals surface area (Å²) in [6.07, 6.45) is 4.12. The molecule has 2 aromatic rings. The first-order valence-electron chi connectivity index (χ1n) is 10.1.